The highest BCUT2D eigenvalue weighted by atomic mass is 79.9. The molecule has 0 saturated carbocycles. The van der Waals surface area contributed by atoms with Crippen molar-refractivity contribution in [3.8, 4) is 5.75 Å². The van der Waals surface area contributed by atoms with Gasteiger partial charge in [-0.05, 0) is 29.8 Å². The lowest BCUT2D eigenvalue weighted by Crippen LogP contribution is -2.18. The van der Waals surface area contributed by atoms with Gasteiger partial charge in [-0.3, -0.25) is 4.98 Å². The second kappa shape index (κ2) is 5.93. The van der Waals surface area contributed by atoms with Crippen LogP contribution in [0.1, 0.15) is 5.56 Å². The van der Waals surface area contributed by atoms with Gasteiger partial charge in [0.15, 0.2) is 0 Å². The van der Waals surface area contributed by atoms with Crippen LogP contribution in [0.25, 0.3) is 0 Å². The molecule has 2 N–H and O–H groups in total. The number of nitrogens with two attached hydrogens (primary N) is 1. The van der Waals surface area contributed by atoms with Crippen molar-refractivity contribution in [2.24, 2.45) is 0 Å². The highest BCUT2D eigenvalue weighted by Gasteiger charge is 2.09. The van der Waals surface area contributed by atoms with Crippen LogP contribution in [-0.4, -0.2) is 19.1 Å². The molecule has 19 heavy (non-hydrogen) atoms. The van der Waals surface area contributed by atoms with Gasteiger partial charge in [0.2, 0.25) is 0 Å². The van der Waals surface area contributed by atoms with Crippen LogP contribution in [0.5, 0.6) is 5.75 Å². The summed E-state index contributed by atoms with van der Waals surface area (Å²) in [7, 11) is 3.66. The van der Waals surface area contributed by atoms with Crippen LogP contribution in [0.3, 0.4) is 0 Å². The lowest BCUT2D eigenvalue weighted by atomic mass is 10.2. The van der Waals surface area contributed by atoms with Crippen molar-refractivity contribution in [3.63, 3.8) is 0 Å². The summed E-state index contributed by atoms with van der Waals surface area (Å²) in [6.07, 6.45) is 3.40. The average Bonchev–Trinajstić information content (AvgIpc) is 2.41. The molecule has 0 spiro atoms. The average molecular weight is 322 g/mol. The normalized spacial score (nSPS) is 10.3. The number of nitrogen functional groups attached to an aromatic ring is 1. The maximum Gasteiger partial charge on any atom is 0.119 e. The van der Waals surface area contributed by atoms with Gasteiger partial charge in [0.05, 0.1) is 24.7 Å². The van der Waals surface area contributed by atoms with Crippen molar-refractivity contribution in [1.29, 1.82) is 0 Å². The van der Waals surface area contributed by atoms with Crippen LogP contribution < -0.4 is 15.4 Å². The maximum absolute atomic E-state index is 5.93. The minimum atomic E-state index is 0.670. The molecular weight excluding hydrogens is 306 g/mol. The Labute approximate surface area is 121 Å². The van der Waals surface area contributed by atoms with E-state index in [1.54, 1.807) is 19.5 Å². The number of nitrogens with zero attached hydrogens (tertiary/aromatic N) is 2. The number of hydrogen-bond acceptors (Lipinski definition) is 4. The molecule has 0 fully saturated rings. The van der Waals surface area contributed by atoms with Gasteiger partial charge in [0, 0.05) is 24.3 Å². The van der Waals surface area contributed by atoms with Crippen molar-refractivity contribution >= 4 is 27.3 Å². The lowest BCUT2D eigenvalue weighted by molar-refractivity contribution is 0.414. The van der Waals surface area contributed by atoms with Crippen molar-refractivity contribution in [3.05, 3.63) is 46.7 Å². The van der Waals surface area contributed by atoms with Crippen LogP contribution in [0.4, 0.5) is 11.4 Å². The summed E-state index contributed by atoms with van der Waals surface area (Å²) >= 11 is 3.55. The SMILES string of the molecule is COc1ccc(Br)c(CN(C)c2ccncc2N)c1. The fourth-order valence-corrected chi connectivity index (χ4v) is 2.26. The van der Waals surface area contributed by atoms with Gasteiger partial charge in [-0.25, -0.2) is 0 Å². The summed E-state index contributed by atoms with van der Waals surface area (Å²) in [5, 5.41) is 0. The zero-order valence-corrected chi connectivity index (χ0v) is 12.5. The Kier molecular flexibility index (Phi) is 4.27. The standard InChI is InChI=1S/C14H16BrN3O/c1-18(14-5-6-17-8-13(14)16)9-10-7-11(19-2)3-4-12(10)15/h3-8H,9,16H2,1-2H3. The summed E-state index contributed by atoms with van der Waals surface area (Å²) in [4.78, 5) is 6.08. The fraction of sp³-hybridized carbons (Fsp3) is 0.214. The first kappa shape index (κ1) is 13.7. The van der Waals surface area contributed by atoms with Gasteiger partial charge >= 0.3 is 0 Å². The van der Waals surface area contributed by atoms with E-state index in [1.165, 1.54) is 0 Å². The molecule has 0 aliphatic carbocycles. The van der Waals surface area contributed by atoms with Crippen molar-refractivity contribution in [2.75, 3.05) is 24.8 Å². The Balaban J connectivity index is 2.24. The Morgan fingerprint density at radius 2 is 2.16 bits per heavy atom. The first-order valence-corrected chi connectivity index (χ1v) is 6.64. The number of pyridine rings is 1. The van der Waals surface area contributed by atoms with E-state index in [0.29, 0.717) is 5.69 Å². The third-order valence-electron chi connectivity index (χ3n) is 2.90. The van der Waals surface area contributed by atoms with E-state index in [0.717, 1.165) is 28.0 Å². The molecule has 1 heterocycles. The number of anilines is 2. The molecule has 0 saturated heterocycles. The Morgan fingerprint density at radius 3 is 2.84 bits per heavy atom. The smallest absolute Gasteiger partial charge is 0.119 e. The van der Waals surface area contributed by atoms with E-state index in [4.69, 9.17) is 10.5 Å². The van der Waals surface area contributed by atoms with E-state index >= 15 is 0 Å². The molecule has 2 aromatic rings. The summed E-state index contributed by atoms with van der Waals surface area (Å²) in [6, 6.07) is 7.83. The highest BCUT2D eigenvalue weighted by molar-refractivity contribution is 9.10. The fourth-order valence-electron chi connectivity index (χ4n) is 1.89. The molecule has 0 unspecified atom stereocenters. The molecule has 0 amide bonds. The lowest BCUT2D eigenvalue weighted by Gasteiger charge is -2.21. The zero-order chi connectivity index (χ0) is 13.8. The largest absolute Gasteiger partial charge is 0.497 e. The molecule has 100 valence electrons. The molecule has 5 heteroatoms. The number of methoxy groups -OCH3 is 1. The third kappa shape index (κ3) is 3.17. The third-order valence-corrected chi connectivity index (χ3v) is 3.67. The molecular formula is C14H16BrN3O. The predicted molar refractivity (Wildman–Crippen MR) is 81.5 cm³/mol. The molecule has 0 aliphatic heterocycles. The maximum atomic E-state index is 5.93. The van der Waals surface area contributed by atoms with Gasteiger partial charge in [0.1, 0.15) is 5.75 Å². The Hall–Kier alpha value is -1.75. The molecule has 0 atom stereocenters. The molecule has 1 aromatic heterocycles. The molecule has 0 aliphatic rings. The predicted octanol–water partition coefficient (Wildman–Crippen LogP) is 3.07. The summed E-state index contributed by atoms with van der Waals surface area (Å²) in [6.45, 7) is 0.728. The number of ether oxygens (including phenoxy) is 1. The Bertz CT molecular complexity index is 574. The second-order valence-corrected chi connectivity index (χ2v) is 5.10. The van der Waals surface area contributed by atoms with E-state index < -0.39 is 0 Å². The van der Waals surface area contributed by atoms with E-state index in [9.17, 15) is 0 Å². The molecule has 1 aromatic carbocycles. The van der Waals surface area contributed by atoms with Gasteiger partial charge in [0.25, 0.3) is 0 Å². The van der Waals surface area contributed by atoms with Crippen molar-refractivity contribution in [1.82, 2.24) is 4.98 Å². The van der Waals surface area contributed by atoms with Crippen LogP contribution in [0, 0.1) is 0 Å². The summed E-state index contributed by atoms with van der Waals surface area (Å²) in [5.41, 5.74) is 8.70. The quantitative estimate of drug-likeness (QED) is 0.940. The Morgan fingerprint density at radius 1 is 1.37 bits per heavy atom. The summed E-state index contributed by atoms with van der Waals surface area (Å²) < 4.78 is 6.30. The van der Waals surface area contributed by atoms with Crippen LogP contribution >= 0.6 is 15.9 Å². The molecule has 0 bridgehead atoms. The minimum Gasteiger partial charge on any atom is -0.497 e. The van der Waals surface area contributed by atoms with Crippen LogP contribution in [-0.2, 0) is 6.54 Å². The molecule has 4 nitrogen and oxygen atoms in total. The van der Waals surface area contributed by atoms with Crippen LogP contribution in [0.15, 0.2) is 41.1 Å². The highest BCUT2D eigenvalue weighted by Crippen LogP contribution is 2.27. The van der Waals surface area contributed by atoms with E-state index in [2.05, 4.69) is 25.8 Å². The van der Waals surface area contributed by atoms with Crippen molar-refractivity contribution < 1.29 is 4.74 Å². The van der Waals surface area contributed by atoms with Gasteiger partial charge in [-0.1, -0.05) is 15.9 Å². The van der Waals surface area contributed by atoms with Gasteiger partial charge in [-0.15, -0.1) is 0 Å². The number of halogens is 1. The van der Waals surface area contributed by atoms with Gasteiger partial charge < -0.3 is 15.4 Å². The first-order chi connectivity index (χ1) is 9.11. The van der Waals surface area contributed by atoms with Gasteiger partial charge in [-0.2, -0.15) is 0 Å². The van der Waals surface area contributed by atoms with E-state index in [1.807, 2.05) is 31.3 Å². The number of benzene rings is 1. The molecule has 2 rings (SSSR count). The number of aromatic nitrogens is 1. The summed E-state index contributed by atoms with van der Waals surface area (Å²) in [5.74, 6) is 0.842. The van der Waals surface area contributed by atoms with Crippen LogP contribution in [0.2, 0.25) is 0 Å². The zero-order valence-electron chi connectivity index (χ0n) is 10.9. The topological polar surface area (TPSA) is 51.4 Å². The number of hydrogen-bond donors (Lipinski definition) is 1. The second-order valence-electron chi connectivity index (χ2n) is 4.25. The monoisotopic (exact) mass is 321 g/mol. The molecule has 0 radical (unpaired) electrons. The first-order valence-electron chi connectivity index (χ1n) is 5.85. The number of rotatable bonds is 4. The van der Waals surface area contributed by atoms with E-state index in [-0.39, 0.29) is 0 Å². The minimum absolute atomic E-state index is 0.670. The van der Waals surface area contributed by atoms with Crippen molar-refractivity contribution in [2.45, 2.75) is 6.54 Å².